The van der Waals surface area contributed by atoms with Gasteiger partial charge in [-0.15, -0.1) is 0 Å². The third kappa shape index (κ3) is 2.47. The molecule has 0 spiro atoms. The molecule has 1 fully saturated rings. The van der Waals surface area contributed by atoms with Crippen LogP contribution in [-0.2, 0) is 14.3 Å². The molecule has 0 bridgehead atoms. The van der Waals surface area contributed by atoms with Gasteiger partial charge in [-0.25, -0.2) is 0 Å². The maximum atomic E-state index is 12.1. The van der Waals surface area contributed by atoms with Gasteiger partial charge in [0.25, 0.3) is 0 Å². The van der Waals surface area contributed by atoms with Gasteiger partial charge >= 0.3 is 5.97 Å². The van der Waals surface area contributed by atoms with Crippen molar-refractivity contribution >= 4 is 5.97 Å². The molecule has 1 aliphatic heterocycles. The number of hydrogen-bond donors (Lipinski definition) is 1. The second kappa shape index (κ2) is 5.36. The molecule has 4 heteroatoms. The summed E-state index contributed by atoms with van der Waals surface area (Å²) in [4.78, 5) is 12.1. The van der Waals surface area contributed by atoms with Crippen molar-refractivity contribution in [2.24, 2.45) is 11.3 Å². The molecule has 0 radical (unpaired) electrons. The van der Waals surface area contributed by atoms with Crippen LogP contribution in [-0.4, -0.2) is 37.0 Å². The lowest BCUT2D eigenvalue weighted by Crippen LogP contribution is -2.55. The highest BCUT2D eigenvalue weighted by atomic mass is 16.5. The summed E-state index contributed by atoms with van der Waals surface area (Å²) in [5.74, 6) is -0.324. The average Bonchev–Trinajstić information content (AvgIpc) is 2.52. The zero-order valence-electron chi connectivity index (χ0n) is 11.3. The maximum absolute atomic E-state index is 12.1. The third-order valence-corrected chi connectivity index (χ3v) is 4.27. The molecule has 1 N–H and O–H groups in total. The van der Waals surface area contributed by atoms with Crippen LogP contribution in [0, 0.1) is 11.3 Å². The van der Waals surface area contributed by atoms with Crippen molar-refractivity contribution in [1.29, 1.82) is 0 Å². The van der Waals surface area contributed by atoms with Crippen molar-refractivity contribution in [3.63, 3.8) is 0 Å². The second-order valence-electron chi connectivity index (χ2n) is 5.35. The Kier molecular flexibility index (Phi) is 4.55. The summed E-state index contributed by atoms with van der Waals surface area (Å²) < 4.78 is 10.3. The fourth-order valence-corrected chi connectivity index (χ4v) is 2.63. The summed E-state index contributed by atoms with van der Waals surface area (Å²) in [6, 6.07) is 0. The Bertz CT molecular complexity index is 267. The summed E-state index contributed by atoms with van der Waals surface area (Å²) in [6.45, 7) is 6.84. The smallest absolute Gasteiger partial charge is 0.314 e. The van der Waals surface area contributed by atoms with E-state index in [1.165, 1.54) is 7.11 Å². The first-order valence-corrected chi connectivity index (χ1v) is 6.27. The van der Waals surface area contributed by atoms with Gasteiger partial charge in [-0.2, -0.15) is 0 Å². The van der Waals surface area contributed by atoms with E-state index in [1.807, 2.05) is 13.8 Å². The fraction of sp³-hybridized carbons (Fsp3) is 0.923. The van der Waals surface area contributed by atoms with Crippen molar-refractivity contribution in [2.75, 3.05) is 20.3 Å². The lowest BCUT2D eigenvalue weighted by Gasteiger charge is -2.45. The Morgan fingerprint density at radius 1 is 1.41 bits per heavy atom. The van der Waals surface area contributed by atoms with Gasteiger partial charge < -0.3 is 14.6 Å². The number of carbonyl (C=O) groups is 1. The van der Waals surface area contributed by atoms with Gasteiger partial charge in [0.05, 0.1) is 18.1 Å². The van der Waals surface area contributed by atoms with Gasteiger partial charge in [0.2, 0.25) is 0 Å². The topological polar surface area (TPSA) is 55.8 Å². The van der Waals surface area contributed by atoms with Crippen LogP contribution < -0.4 is 0 Å². The van der Waals surface area contributed by atoms with Gasteiger partial charge in [0, 0.05) is 19.6 Å². The number of hydrogen-bond acceptors (Lipinski definition) is 4. The normalized spacial score (nSPS) is 29.5. The van der Waals surface area contributed by atoms with Gasteiger partial charge in [0.1, 0.15) is 0 Å². The van der Waals surface area contributed by atoms with Gasteiger partial charge in [-0.1, -0.05) is 13.8 Å². The average molecular weight is 244 g/mol. The minimum Gasteiger partial charge on any atom is -0.469 e. The molecule has 0 saturated carbocycles. The Morgan fingerprint density at radius 2 is 2.06 bits per heavy atom. The molecule has 1 rings (SSSR count). The quantitative estimate of drug-likeness (QED) is 0.768. The van der Waals surface area contributed by atoms with E-state index in [-0.39, 0.29) is 11.9 Å². The van der Waals surface area contributed by atoms with E-state index in [0.717, 1.165) is 6.42 Å². The number of ether oxygens (including phenoxy) is 2. The number of carbonyl (C=O) groups excluding carboxylic acids is 1. The highest BCUT2D eigenvalue weighted by Gasteiger charge is 2.54. The zero-order chi connectivity index (χ0) is 13.1. The van der Waals surface area contributed by atoms with Crippen LogP contribution in [0.5, 0.6) is 0 Å². The standard InChI is InChI=1S/C13H24O4/c1-10(2)12(3,11(14)16-4)13(15)6-5-8-17-9-7-13/h10,15H,5-9H2,1-4H3. The summed E-state index contributed by atoms with van der Waals surface area (Å²) in [5.41, 5.74) is -1.92. The Hall–Kier alpha value is -0.610. The summed E-state index contributed by atoms with van der Waals surface area (Å²) in [6.07, 6.45) is 1.84. The van der Waals surface area contributed by atoms with E-state index in [4.69, 9.17) is 9.47 Å². The van der Waals surface area contributed by atoms with Crippen LogP contribution in [0.25, 0.3) is 0 Å². The van der Waals surface area contributed by atoms with E-state index in [2.05, 4.69) is 0 Å². The van der Waals surface area contributed by atoms with Gasteiger partial charge in [-0.05, 0) is 25.7 Å². The molecule has 1 heterocycles. The molecule has 100 valence electrons. The molecule has 0 amide bonds. The molecule has 4 nitrogen and oxygen atoms in total. The monoisotopic (exact) mass is 244 g/mol. The highest BCUT2D eigenvalue weighted by molar-refractivity contribution is 5.78. The molecule has 0 aromatic heterocycles. The summed E-state index contributed by atoms with van der Waals surface area (Å²) in [5, 5.41) is 10.9. The Morgan fingerprint density at radius 3 is 2.59 bits per heavy atom. The third-order valence-electron chi connectivity index (χ3n) is 4.27. The van der Waals surface area contributed by atoms with Crippen molar-refractivity contribution < 1.29 is 19.4 Å². The number of aliphatic hydroxyl groups is 1. The molecular weight excluding hydrogens is 220 g/mol. The molecule has 2 unspecified atom stereocenters. The minimum atomic E-state index is -1.04. The SMILES string of the molecule is COC(=O)C(C)(C(C)C)C1(O)CCCOCC1. The van der Waals surface area contributed by atoms with Crippen LogP contribution in [0.4, 0.5) is 0 Å². The van der Waals surface area contributed by atoms with Crippen LogP contribution in [0.1, 0.15) is 40.0 Å². The molecule has 1 saturated heterocycles. The van der Waals surface area contributed by atoms with Gasteiger partial charge in [-0.3, -0.25) is 4.79 Å². The number of methoxy groups -OCH3 is 1. The highest BCUT2D eigenvalue weighted by Crippen LogP contribution is 2.45. The van der Waals surface area contributed by atoms with E-state index in [9.17, 15) is 9.90 Å². The number of esters is 1. The largest absolute Gasteiger partial charge is 0.469 e. The van der Waals surface area contributed by atoms with Crippen LogP contribution >= 0.6 is 0 Å². The predicted octanol–water partition coefficient (Wildman–Crippen LogP) is 1.75. The first kappa shape index (κ1) is 14.5. The molecule has 0 aliphatic carbocycles. The molecular formula is C13H24O4. The Labute approximate surface area is 103 Å². The zero-order valence-corrected chi connectivity index (χ0v) is 11.3. The second-order valence-corrected chi connectivity index (χ2v) is 5.35. The van der Waals surface area contributed by atoms with Crippen molar-refractivity contribution in [3.05, 3.63) is 0 Å². The van der Waals surface area contributed by atoms with Crippen LogP contribution in [0.15, 0.2) is 0 Å². The first-order chi connectivity index (χ1) is 7.88. The van der Waals surface area contributed by atoms with Crippen LogP contribution in [0.2, 0.25) is 0 Å². The van der Waals surface area contributed by atoms with Crippen LogP contribution in [0.3, 0.4) is 0 Å². The molecule has 1 aliphatic rings. The van der Waals surface area contributed by atoms with Crippen molar-refractivity contribution in [1.82, 2.24) is 0 Å². The van der Waals surface area contributed by atoms with Crippen molar-refractivity contribution in [3.8, 4) is 0 Å². The first-order valence-electron chi connectivity index (χ1n) is 6.27. The molecule has 2 atom stereocenters. The van der Waals surface area contributed by atoms with E-state index in [0.29, 0.717) is 26.1 Å². The van der Waals surface area contributed by atoms with Crippen molar-refractivity contribution in [2.45, 2.75) is 45.6 Å². The molecule has 17 heavy (non-hydrogen) atoms. The maximum Gasteiger partial charge on any atom is 0.314 e. The van der Waals surface area contributed by atoms with E-state index >= 15 is 0 Å². The Balaban J connectivity index is 3.07. The lowest BCUT2D eigenvalue weighted by atomic mass is 9.63. The fourth-order valence-electron chi connectivity index (χ4n) is 2.63. The van der Waals surface area contributed by atoms with E-state index in [1.54, 1.807) is 6.92 Å². The predicted molar refractivity (Wildman–Crippen MR) is 64.6 cm³/mol. The summed E-state index contributed by atoms with van der Waals surface area (Å²) >= 11 is 0. The van der Waals surface area contributed by atoms with Gasteiger partial charge in [0.15, 0.2) is 0 Å². The summed E-state index contributed by atoms with van der Waals surface area (Å²) in [7, 11) is 1.37. The van der Waals surface area contributed by atoms with E-state index < -0.39 is 11.0 Å². The number of rotatable bonds is 3. The molecule has 0 aromatic rings. The minimum absolute atomic E-state index is 0.0121. The lowest BCUT2D eigenvalue weighted by molar-refractivity contribution is -0.180. The molecule has 0 aromatic carbocycles.